The van der Waals surface area contributed by atoms with E-state index in [-0.39, 0.29) is 17.6 Å². The average Bonchev–Trinajstić information content (AvgIpc) is 2.92. The molecule has 1 aliphatic rings. The number of ether oxygens (including phenoxy) is 1. The molecular formula is C21H28FN3O. The number of hydrogen-bond acceptors (Lipinski definition) is 4. The molecule has 0 aliphatic carbocycles. The molecule has 1 unspecified atom stereocenters. The third-order valence-corrected chi connectivity index (χ3v) is 4.96. The van der Waals surface area contributed by atoms with E-state index in [1.807, 2.05) is 20.2 Å². The van der Waals surface area contributed by atoms with Gasteiger partial charge in [0.1, 0.15) is 0 Å². The van der Waals surface area contributed by atoms with Gasteiger partial charge in [0.25, 0.3) is 0 Å². The van der Waals surface area contributed by atoms with Crippen LogP contribution in [-0.2, 0) is 0 Å². The van der Waals surface area contributed by atoms with E-state index < -0.39 is 0 Å². The highest BCUT2D eigenvalue weighted by Crippen LogP contribution is 2.32. The summed E-state index contributed by atoms with van der Waals surface area (Å²) in [4.78, 5) is 4.52. The first kappa shape index (κ1) is 18.7. The van der Waals surface area contributed by atoms with Crippen molar-refractivity contribution >= 4 is 5.69 Å². The molecule has 2 aromatic rings. The van der Waals surface area contributed by atoms with E-state index in [0.717, 1.165) is 43.9 Å². The van der Waals surface area contributed by atoms with Crippen molar-refractivity contribution in [1.82, 2.24) is 10.2 Å². The van der Waals surface area contributed by atoms with E-state index in [0.29, 0.717) is 0 Å². The van der Waals surface area contributed by atoms with Crippen LogP contribution in [-0.4, -0.2) is 52.3 Å². The Kier molecular flexibility index (Phi) is 6.12. The lowest BCUT2D eigenvalue weighted by atomic mass is 9.96. The van der Waals surface area contributed by atoms with Crippen LogP contribution in [0.1, 0.15) is 23.6 Å². The van der Waals surface area contributed by atoms with E-state index in [4.69, 9.17) is 4.74 Å². The average molecular weight is 357 g/mol. The van der Waals surface area contributed by atoms with E-state index in [2.05, 4.69) is 39.4 Å². The molecule has 0 amide bonds. The topological polar surface area (TPSA) is 27.7 Å². The van der Waals surface area contributed by atoms with Crippen LogP contribution in [0.4, 0.5) is 10.1 Å². The van der Waals surface area contributed by atoms with Gasteiger partial charge in [0.05, 0.1) is 13.2 Å². The van der Waals surface area contributed by atoms with Crippen LogP contribution in [0.15, 0.2) is 42.5 Å². The standard InChI is InChI=1S/C21H28FN3O/c1-24(2)18-8-5-16(6-9-18)21(25-13-4-11-23-12-14-25)17-7-10-20(26-3)19(22)15-17/h5-10,15,21,23H,4,11-14H2,1-3H3. The molecule has 1 heterocycles. The molecule has 0 radical (unpaired) electrons. The number of hydrogen-bond donors (Lipinski definition) is 1. The van der Waals surface area contributed by atoms with Gasteiger partial charge in [0.2, 0.25) is 0 Å². The molecule has 0 spiro atoms. The second kappa shape index (κ2) is 8.52. The molecule has 26 heavy (non-hydrogen) atoms. The molecule has 0 saturated carbocycles. The molecule has 1 fully saturated rings. The Bertz CT molecular complexity index is 710. The zero-order valence-electron chi connectivity index (χ0n) is 15.8. The second-order valence-electron chi connectivity index (χ2n) is 6.92. The molecule has 5 heteroatoms. The Morgan fingerprint density at radius 2 is 1.77 bits per heavy atom. The van der Waals surface area contributed by atoms with Gasteiger partial charge in [0, 0.05) is 39.4 Å². The van der Waals surface area contributed by atoms with Crippen molar-refractivity contribution in [2.24, 2.45) is 0 Å². The zero-order chi connectivity index (χ0) is 18.5. The minimum atomic E-state index is -0.312. The first-order valence-corrected chi connectivity index (χ1v) is 9.15. The predicted molar refractivity (Wildman–Crippen MR) is 105 cm³/mol. The maximum absolute atomic E-state index is 14.4. The minimum absolute atomic E-state index is 0.0338. The van der Waals surface area contributed by atoms with Crippen LogP contribution < -0.4 is 15.0 Å². The van der Waals surface area contributed by atoms with Crippen molar-refractivity contribution in [3.8, 4) is 5.75 Å². The highest BCUT2D eigenvalue weighted by atomic mass is 19.1. The monoisotopic (exact) mass is 357 g/mol. The summed E-state index contributed by atoms with van der Waals surface area (Å²) < 4.78 is 19.5. The van der Waals surface area contributed by atoms with Crippen LogP contribution in [0.2, 0.25) is 0 Å². The fraction of sp³-hybridized carbons (Fsp3) is 0.429. The van der Waals surface area contributed by atoms with Crippen molar-refractivity contribution in [3.05, 3.63) is 59.4 Å². The lowest BCUT2D eigenvalue weighted by Crippen LogP contribution is -2.33. The van der Waals surface area contributed by atoms with Crippen molar-refractivity contribution < 1.29 is 9.13 Å². The summed E-state index contributed by atoms with van der Waals surface area (Å²) >= 11 is 0. The van der Waals surface area contributed by atoms with Gasteiger partial charge in [-0.2, -0.15) is 0 Å². The Morgan fingerprint density at radius 3 is 2.42 bits per heavy atom. The van der Waals surface area contributed by atoms with Crippen LogP contribution in [0, 0.1) is 5.82 Å². The lowest BCUT2D eigenvalue weighted by Gasteiger charge is -2.31. The first-order valence-electron chi connectivity index (χ1n) is 9.15. The third kappa shape index (κ3) is 4.17. The van der Waals surface area contributed by atoms with Crippen molar-refractivity contribution in [2.45, 2.75) is 12.5 Å². The van der Waals surface area contributed by atoms with Gasteiger partial charge in [-0.1, -0.05) is 18.2 Å². The molecule has 3 rings (SSSR count). The fourth-order valence-corrected chi connectivity index (χ4v) is 3.55. The molecule has 1 atom stereocenters. The van der Waals surface area contributed by atoms with Crippen molar-refractivity contribution in [2.75, 3.05) is 52.3 Å². The molecular weight excluding hydrogens is 329 g/mol. The quantitative estimate of drug-likeness (QED) is 0.889. The van der Waals surface area contributed by atoms with Gasteiger partial charge in [0.15, 0.2) is 11.6 Å². The summed E-state index contributed by atoms with van der Waals surface area (Å²) in [5, 5.41) is 3.45. The Labute approximate surface area is 155 Å². The second-order valence-corrected chi connectivity index (χ2v) is 6.92. The smallest absolute Gasteiger partial charge is 0.165 e. The van der Waals surface area contributed by atoms with E-state index in [1.54, 1.807) is 12.1 Å². The maximum atomic E-state index is 14.4. The molecule has 140 valence electrons. The normalized spacial score (nSPS) is 16.8. The Balaban J connectivity index is 1.99. The first-order chi connectivity index (χ1) is 12.6. The summed E-state index contributed by atoms with van der Waals surface area (Å²) in [7, 11) is 5.56. The van der Waals surface area contributed by atoms with Crippen LogP contribution in [0.5, 0.6) is 5.75 Å². The molecule has 1 aliphatic heterocycles. The highest BCUT2D eigenvalue weighted by molar-refractivity contribution is 5.48. The van der Waals surface area contributed by atoms with E-state index in [9.17, 15) is 4.39 Å². The van der Waals surface area contributed by atoms with Gasteiger partial charge < -0.3 is 15.0 Å². The molecule has 1 saturated heterocycles. The molecule has 0 bridgehead atoms. The molecule has 1 N–H and O–H groups in total. The van der Waals surface area contributed by atoms with E-state index >= 15 is 0 Å². The summed E-state index contributed by atoms with van der Waals surface area (Å²) in [6.45, 7) is 3.90. The predicted octanol–water partition coefficient (Wildman–Crippen LogP) is 3.29. The number of anilines is 1. The van der Waals surface area contributed by atoms with Crippen molar-refractivity contribution in [1.29, 1.82) is 0 Å². The number of benzene rings is 2. The number of nitrogens with zero attached hydrogens (tertiary/aromatic N) is 2. The fourth-order valence-electron chi connectivity index (χ4n) is 3.55. The Hall–Kier alpha value is -2.11. The largest absolute Gasteiger partial charge is 0.494 e. The minimum Gasteiger partial charge on any atom is -0.494 e. The number of halogens is 1. The van der Waals surface area contributed by atoms with Gasteiger partial charge in [-0.05, 0) is 48.4 Å². The van der Waals surface area contributed by atoms with Crippen LogP contribution in [0.3, 0.4) is 0 Å². The van der Waals surface area contributed by atoms with Gasteiger partial charge in [-0.25, -0.2) is 4.39 Å². The summed E-state index contributed by atoms with van der Waals surface area (Å²) in [5.74, 6) is -0.0270. The summed E-state index contributed by atoms with van der Waals surface area (Å²) in [5.41, 5.74) is 3.30. The summed E-state index contributed by atoms with van der Waals surface area (Å²) in [6.07, 6.45) is 1.09. The summed E-state index contributed by atoms with van der Waals surface area (Å²) in [6, 6.07) is 13.9. The Morgan fingerprint density at radius 1 is 1.04 bits per heavy atom. The lowest BCUT2D eigenvalue weighted by molar-refractivity contribution is 0.240. The molecule has 4 nitrogen and oxygen atoms in total. The van der Waals surface area contributed by atoms with Crippen LogP contribution >= 0.6 is 0 Å². The number of methoxy groups -OCH3 is 1. The SMILES string of the molecule is COc1ccc(C(c2ccc(N(C)C)cc2)N2CCCNCC2)cc1F. The molecule has 2 aromatic carbocycles. The zero-order valence-corrected chi connectivity index (χ0v) is 15.8. The third-order valence-electron chi connectivity index (χ3n) is 4.96. The van der Waals surface area contributed by atoms with Crippen LogP contribution in [0.25, 0.3) is 0 Å². The molecule has 0 aromatic heterocycles. The van der Waals surface area contributed by atoms with Gasteiger partial charge in [-0.3, -0.25) is 4.90 Å². The highest BCUT2D eigenvalue weighted by Gasteiger charge is 2.24. The van der Waals surface area contributed by atoms with Crippen molar-refractivity contribution in [3.63, 3.8) is 0 Å². The van der Waals surface area contributed by atoms with E-state index in [1.165, 1.54) is 12.7 Å². The van der Waals surface area contributed by atoms with Gasteiger partial charge in [-0.15, -0.1) is 0 Å². The maximum Gasteiger partial charge on any atom is 0.165 e. The number of rotatable bonds is 5. The van der Waals surface area contributed by atoms with Gasteiger partial charge >= 0.3 is 0 Å². The number of nitrogens with one attached hydrogen (secondary N) is 1.